The minimum Gasteiger partial charge on any atom is -0.324 e. The molecule has 2 bridgehead atoms. The third-order valence-corrected chi connectivity index (χ3v) is 7.25. The zero-order chi connectivity index (χ0) is 20.1. The van der Waals surface area contributed by atoms with Crippen LogP contribution in [0.2, 0.25) is 0 Å². The minimum atomic E-state index is -0.248. The average Bonchev–Trinajstić information content (AvgIpc) is 2.82. The van der Waals surface area contributed by atoms with Crippen LogP contribution < -0.4 is 0 Å². The standard InChI is InChI=1S/C25H30F2N/c1-16-5-7-19(26)14-23(16)25(24-15-20(27)8-6-17(24)2)13-18-11-21-9-10-22(12-18)28(21,3)4/h5-8,13-15,18,21-22H,9-12H2,1-4H3/q+1. The lowest BCUT2D eigenvalue weighted by atomic mass is 9.83. The lowest BCUT2D eigenvalue weighted by Gasteiger charge is -2.44. The second kappa shape index (κ2) is 7.11. The molecule has 148 valence electrons. The molecule has 2 aromatic carbocycles. The minimum absolute atomic E-state index is 0.248. The monoisotopic (exact) mass is 382 g/mol. The normalized spacial score (nSPS) is 25.6. The van der Waals surface area contributed by atoms with Crippen molar-refractivity contribution in [3.8, 4) is 0 Å². The van der Waals surface area contributed by atoms with Crippen LogP contribution in [-0.4, -0.2) is 30.7 Å². The highest BCUT2D eigenvalue weighted by molar-refractivity contribution is 5.83. The lowest BCUT2D eigenvalue weighted by Crippen LogP contribution is -2.54. The first-order chi connectivity index (χ1) is 13.3. The molecule has 28 heavy (non-hydrogen) atoms. The highest BCUT2D eigenvalue weighted by Crippen LogP contribution is 2.44. The number of piperidine rings is 1. The molecule has 2 heterocycles. The van der Waals surface area contributed by atoms with Gasteiger partial charge in [-0.05, 0) is 71.9 Å². The molecule has 2 unspecified atom stereocenters. The molecular formula is C25H30F2N+. The van der Waals surface area contributed by atoms with Gasteiger partial charge in [0.05, 0.1) is 26.2 Å². The van der Waals surface area contributed by atoms with Crippen LogP contribution in [0.4, 0.5) is 8.78 Å². The van der Waals surface area contributed by atoms with Crippen molar-refractivity contribution in [2.45, 2.75) is 51.6 Å². The molecule has 0 saturated carbocycles. The topological polar surface area (TPSA) is 0 Å². The van der Waals surface area contributed by atoms with Crippen molar-refractivity contribution in [1.82, 2.24) is 0 Å². The quantitative estimate of drug-likeness (QED) is 0.569. The fourth-order valence-corrected chi connectivity index (χ4v) is 5.39. The predicted molar refractivity (Wildman–Crippen MR) is 111 cm³/mol. The van der Waals surface area contributed by atoms with Crippen molar-refractivity contribution in [3.05, 3.63) is 76.4 Å². The highest BCUT2D eigenvalue weighted by atomic mass is 19.1. The molecule has 0 spiro atoms. The van der Waals surface area contributed by atoms with Crippen LogP contribution in [0.25, 0.3) is 5.57 Å². The second-order valence-corrected chi connectivity index (χ2v) is 9.24. The Morgan fingerprint density at radius 1 is 0.857 bits per heavy atom. The smallest absolute Gasteiger partial charge is 0.123 e. The van der Waals surface area contributed by atoms with E-state index < -0.39 is 0 Å². The molecule has 2 aliphatic heterocycles. The molecule has 1 nitrogen and oxygen atoms in total. The van der Waals surface area contributed by atoms with Gasteiger partial charge in [-0.15, -0.1) is 0 Å². The van der Waals surface area contributed by atoms with Crippen LogP contribution >= 0.6 is 0 Å². The number of allylic oxidation sites excluding steroid dienone is 1. The third-order valence-electron chi connectivity index (χ3n) is 7.25. The summed E-state index contributed by atoms with van der Waals surface area (Å²) in [5, 5.41) is 0. The SMILES string of the molecule is Cc1ccc(F)cc1C(=CC1CC2CCC(C1)[N+]2(C)C)c1cc(F)ccc1C. The molecule has 0 aromatic heterocycles. The van der Waals surface area contributed by atoms with Crippen LogP contribution in [-0.2, 0) is 0 Å². The van der Waals surface area contributed by atoms with E-state index in [4.69, 9.17) is 0 Å². The molecular weight excluding hydrogens is 352 g/mol. The largest absolute Gasteiger partial charge is 0.324 e. The summed E-state index contributed by atoms with van der Waals surface area (Å²) < 4.78 is 29.3. The van der Waals surface area contributed by atoms with Gasteiger partial charge in [-0.3, -0.25) is 0 Å². The maximum atomic E-state index is 14.1. The van der Waals surface area contributed by atoms with Crippen LogP contribution in [0, 0.1) is 31.4 Å². The van der Waals surface area contributed by atoms with E-state index >= 15 is 0 Å². The van der Waals surface area contributed by atoms with Crippen molar-refractivity contribution in [2.75, 3.05) is 14.1 Å². The molecule has 2 fully saturated rings. The molecule has 0 amide bonds. The number of aryl methyl sites for hydroxylation is 2. The van der Waals surface area contributed by atoms with Gasteiger partial charge in [-0.1, -0.05) is 18.2 Å². The van der Waals surface area contributed by atoms with Gasteiger partial charge in [-0.25, -0.2) is 8.78 Å². The summed E-state index contributed by atoms with van der Waals surface area (Å²) in [4.78, 5) is 0. The van der Waals surface area contributed by atoms with Gasteiger partial charge in [-0.2, -0.15) is 0 Å². The Bertz CT molecular complexity index is 859. The molecule has 2 saturated heterocycles. The van der Waals surface area contributed by atoms with Gasteiger partial charge in [0.25, 0.3) is 0 Å². The summed E-state index contributed by atoms with van der Waals surface area (Å²) in [6.07, 6.45) is 7.18. The summed E-state index contributed by atoms with van der Waals surface area (Å²) in [7, 11) is 4.72. The van der Waals surface area contributed by atoms with Gasteiger partial charge in [0.1, 0.15) is 11.6 Å². The lowest BCUT2D eigenvalue weighted by molar-refractivity contribution is -0.931. The van der Waals surface area contributed by atoms with E-state index in [9.17, 15) is 8.78 Å². The number of fused-ring (bicyclic) bond motifs is 2. The summed E-state index contributed by atoms with van der Waals surface area (Å²) in [5.74, 6) is -0.0480. The van der Waals surface area contributed by atoms with Crippen LogP contribution in [0.5, 0.6) is 0 Å². The van der Waals surface area contributed by atoms with Gasteiger partial charge >= 0.3 is 0 Å². The van der Waals surface area contributed by atoms with E-state index in [1.165, 1.54) is 25.0 Å². The van der Waals surface area contributed by atoms with E-state index in [1.54, 1.807) is 12.1 Å². The Hall–Kier alpha value is -2.00. The van der Waals surface area contributed by atoms with Crippen LogP contribution in [0.1, 0.15) is 47.9 Å². The summed E-state index contributed by atoms with van der Waals surface area (Å²) in [6.45, 7) is 4.00. The van der Waals surface area contributed by atoms with Crippen LogP contribution in [0.3, 0.4) is 0 Å². The average molecular weight is 383 g/mol. The number of benzene rings is 2. The molecule has 0 radical (unpaired) electrons. The molecule has 2 atom stereocenters. The Morgan fingerprint density at radius 2 is 1.32 bits per heavy atom. The second-order valence-electron chi connectivity index (χ2n) is 9.24. The fourth-order valence-electron chi connectivity index (χ4n) is 5.39. The Labute approximate surface area is 167 Å². The number of rotatable bonds is 3. The van der Waals surface area contributed by atoms with Crippen molar-refractivity contribution < 1.29 is 13.3 Å². The molecule has 4 rings (SSSR count). The van der Waals surface area contributed by atoms with Gasteiger partial charge < -0.3 is 4.48 Å². The molecule has 3 heteroatoms. The number of hydrogen-bond acceptors (Lipinski definition) is 0. The fraction of sp³-hybridized carbons (Fsp3) is 0.440. The Balaban J connectivity index is 1.81. The van der Waals surface area contributed by atoms with Crippen molar-refractivity contribution in [2.24, 2.45) is 5.92 Å². The molecule has 0 N–H and O–H groups in total. The maximum absolute atomic E-state index is 14.1. The third kappa shape index (κ3) is 3.41. The van der Waals surface area contributed by atoms with Crippen molar-refractivity contribution >= 4 is 5.57 Å². The van der Waals surface area contributed by atoms with Crippen molar-refractivity contribution in [1.29, 1.82) is 0 Å². The van der Waals surface area contributed by atoms with E-state index in [2.05, 4.69) is 20.2 Å². The number of halogens is 2. The predicted octanol–water partition coefficient (Wildman–Crippen LogP) is 6.03. The number of hydrogen-bond donors (Lipinski definition) is 0. The first-order valence-corrected chi connectivity index (χ1v) is 10.3. The molecule has 0 aliphatic carbocycles. The first kappa shape index (κ1) is 19.3. The summed E-state index contributed by atoms with van der Waals surface area (Å²) in [6, 6.07) is 11.2. The first-order valence-electron chi connectivity index (χ1n) is 10.3. The van der Waals surface area contributed by atoms with Crippen LogP contribution in [0.15, 0.2) is 42.5 Å². The van der Waals surface area contributed by atoms with Gasteiger partial charge in [0.2, 0.25) is 0 Å². The van der Waals surface area contributed by atoms with E-state index in [-0.39, 0.29) is 11.6 Å². The zero-order valence-corrected chi connectivity index (χ0v) is 17.3. The Morgan fingerprint density at radius 3 is 1.79 bits per heavy atom. The molecule has 2 aliphatic rings. The Kier molecular flexibility index (Phi) is 4.91. The van der Waals surface area contributed by atoms with Gasteiger partial charge in [0.15, 0.2) is 0 Å². The summed E-state index contributed by atoms with van der Waals surface area (Å²) >= 11 is 0. The van der Waals surface area contributed by atoms with E-state index in [0.29, 0.717) is 18.0 Å². The van der Waals surface area contributed by atoms with Crippen molar-refractivity contribution in [3.63, 3.8) is 0 Å². The number of nitrogens with zero attached hydrogens (tertiary/aromatic N) is 1. The number of quaternary nitrogens is 1. The van der Waals surface area contributed by atoms with Gasteiger partial charge in [0, 0.05) is 25.7 Å². The van der Waals surface area contributed by atoms with E-state index in [1.807, 2.05) is 26.0 Å². The molecule has 2 aromatic rings. The highest BCUT2D eigenvalue weighted by Gasteiger charge is 2.48. The maximum Gasteiger partial charge on any atom is 0.123 e. The zero-order valence-electron chi connectivity index (χ0n) is 17.3. The summed E-state index contributed by atoms with van der Waals surface area (Å²) in [5.41, 5.74) is 4.77. The van der Waals surface area contributed by atoms with E-state index in [0.717, 1.165) is 45.2 Å².